The summed E-state index contributed by atoms with van der Waals surface area (Å²) < 4.78 is 37.8. The zero-order valence-electron chi connectivity index (χ0n) is 19.4. The van der Waals surface area contributed by atoms with E-state index in [-0.39, 0.29) is 29.5 Å². The maximum atomic E-state index is 13.0. The molecule has 0 aromatic heterocycles. The predicted octanol–water partition coefficient (Wildman–Crippen LogP) is 3.24. The number of aryl methyl sites for hydroxylation is 2. The number of ether oxygens (including phenoxy) is 2. The molecule has 1 aliphatic rings. The Bertz CT molecular complexity index is 1140. The van der Waals surface area contributed by atoms with Crippen LogP contribution in [0.3, 0.4) is 0 Å². The molecule has 1 heterocycles. The van der Waals surface area contributed by atoms with E-state index in [1.165, 1.54) is 16.4 Å². The Labute approximate surface area is 194 Å². The van der Waals surface area contributed by atoms with Crippen LogP contribution in [0.5, 0.6) is 0 Å². The first-order chi connectivity index (χ1) is 15.6. The molecule has 33 heavy (non-hydrogen) atoms. The average Bonchev–Trinajstić information content (AvgIpc) is 2.79. The van der Waals surface area contributed by atoms with Gasteiger partial charge >= 0.3 is 5.97 Å². The van der Waals surface area contributed by atoms with Crippen LogP contribution in [0.1, 0.15) is 46.8 Å². The van der Waals surface area contributed by atoms with E-state index in [4.69, 9.17) is 9.47 Å². The van der Waals surface area contributed by atoms with Crippen molar-refractivity contribution in [3.8, 4) is 0 Å². The molecule has 0 saturated carbocycles. The highest BCUT2D eigenvalue weighted by Crippen LogP contribution is 2.27. The Kier molecular flexibility index (Phi) is 7.88. The number of amides is 1. The SMILES string of the molecule is Cc1ccc(C(=O)OCC(=O)Nc2c(C)cccc2C(C)C)cc1S(=O)(=O)N1CCOCC1. The molecule has 1 aliphatic heterocycles. The number of para-hydroxylation sites is 1. The fourth-order valence-electron chi connectivity index (χ4n) is 3.66. The highest BCUT2D eigenvalue weighted by Gasteiger charge is 2.28. The second-order valence-electron chi connectivity index (χ2n) is 8.31. The van der Waals surface area contributed by atoms with E-state index in [9.17, 15) is 18.0 Å². The summed E-state index contributed by atoms with van der Waals surface area (Å²) in [4.78, 5) is 25.1. The minimum atomic E-state index is -3.77. The second kappa shape index (κ2) is 10.5. The molecule has 0 aliphatic carbocycles. The zero-order valence-corrected chi connectivity index (χ0v) is 20.2. The fourth-order valence-corrected chi connectivity index (χ4v) is 5.32. The standard InChI is InChI=1S/C24H30N2O6S/c1-16(2)20-7-5-6-18(4)23(20)25-22(27)15-32-24(28)19-9-8-17(3)21(14-19)33(29,30)26-10-12-31-13-11-26/h5-9,14,16H,10-13,15H2,1-4H3,(H,25,27). The summed E-state index contributed by atoms with van der Waals surface area (Å²) in [6, 6.07) is 10.1. The highest BCUT2D eigenvalue weighted by atomic mass is 32.2. The molecule has 0 spiro atoms. The number of nitrogens with one attached hydrogen (secondary N) is 1. The van der Waals surface area contributed by atoms with Crippen molar-refractivity contribution in [1.29, 1.82) is 0 Å². The van der Waals surface area contributed by atoms with Crippen LogP contribution < -0.4 is 5.32 Å². The van der Waals surface area contributed by atoms with Crippen molar-refractivity contribution in [2.45, 2.75) is 38.5 Å². The van der Waals surface area contributed by atoms with Crippen LogP contribution in [0.2, 0.25) is 0 Å². The van der Waals surface area contributed by atoms with Crippen LogP contribution >= 0.6 is 0 Å². The Morgan fingerprint density at radius 3 is 2.45 bits per heavy atom. The first-order valence-electron chi connectivity index (χ1n) is 10.9. The van der Waals surface area contributed by atoms with Crippen molar-refractivity contribution in [2.75, 3.05) is 38.2 Å². The minimum Gasteiger partial charge on any atom is -0.452 e. The van der Waals surface area contributed by atoms with Crippen molar-refractivity contribution in [2.24, 2.45) is 0 Å². The zero-order chi connectivity index (χ0) is 24.2. The lowest BCUT2D eigenvalue weighted by Gasteiger charge is -2.26. The summed E-state index contributed by atoms with van der Waals surface area (Å²) in [6.07, 6.45) is 0. The lowest BCUT2D eigenvalue weighted by atomic mass is 9.98. The number of morpholine rings is 1. The first kappa shape index (κ1) is 24.9. The molecule has 2 aromatic rings. The minimum absolute atomic E-state index is 0.0461. The smallest absolute Gasteiger partial charge is 0.338 e. The van der Waals surface area contributed by atoms with E-state index in [2.05, 4.69) is 5.32 Å². The predicted molar refractivity (Wildman–Crippen MR) is 125 cm³/mol. The first-order valence-corrected chi connectivity index (χ1v) is 12.3. The summed E-state index contributed by atoms with van der Waals surface area (Å²) in [6.45, 7) is 8.32. The van der Waals surface area contributed by atoms with Gasteiger partial charge in [-0.25, -0.2) is 13.2 Å². The third-order valence-corrected chi connectivity index (χ3v) is 7.58. The lowest BCUT2D eigenvalue weighted by molar-refractivity contribution is -0.119. The molecule has 178 valence electrons. The molecule has 0 atom stereocenters. The van der Waals surface area contributed by atoms with Gasteiger partial charge in [-0.3, -0.25) is 4.79 Å². The van der Waals surface area contributed by atoms with E-state index in [1.807, 2.05) is 39.0 Å². The summed E-state index contributed by atoms with van der Waals surface area (Å²) in [5.74, 6) is -1.02. The lowest BCUT2D eigenvalue weighted by Crippen LogP contribution is -2.40. The van der Waals surface area contributed by atoms with Gasteiger partial charge < -0.3 is 14.8 Å². The van der Waals surface area contributed by atoms with Gasteiger partial charge in [-0.15, -0.1) is 0 Å². The summed E-state index contributed by atoms with van der Waals surface area (Å²) in [5.41, 5.74) is 3.21. The van der Waals surface area contributed by atoms with Gasteiger partial charge in [0, 0.05) is 18.8 Å². The molecule has 1 saturated heterocycles. The van der Waals surface area contributed by atoms with Crippen LogP contribution in [-0.4, -0.2) is 57.5 Å². The molecule has 0 radical (unpaired) electrons. The van der Waals surface area contributed by atoms with Crippen molar-refractivity contribution in [3.05, 3.63) is 58.7 Å². The van der Waals surface area contributed by atoms with Gasteiger partial charge in [0.2, 0.25) is 10.0 Å². The molecular formula is C24H30N2O6S. The van der Waals surface area contributed by atoms with Crippen molar-refractivity contribution < 1.29 is 27.5 Å². The van der Waals surface area contributed by atoms with Gasteiger partial charge in [0.25, 0.3) is 5.91 Å². The Morgan fingerprint density at radius 2 is 1.79 bits per heavy atom. The molecule has 3 rings (SSSR count). The number of anilines is 1. The van der Waals surface area contributed by atoms with Gasteiger partial charge in [-0.05, 0) is 48.6 Å². The maximum absolute atomic E-state index is 13.0. The number of rotatable bonds is 7. The third-order valence-electron chi connectivity index (χ3n) is 5.54. The summed E-state index contributed by atoms with van der Waals surface area (Å²) in [7, 11) is -3.77. The van der Waals surface area contributed by atoms with Crippen molar-refractivity contribution >= 4 is 27.6 Å². The third kappa shape index (κ3) is 5.79. The average molecular weight is 475 g/mol. The van der Waals surface area contributed by atoms with Gasteiger partial charge in [0.1, 0.15) is 0 Å². The summed E-state index contributed by atoms with van der Waals surface area (Å²) in [5, 5.41) is 2.82. The number of esters is 1. The van der Waals surface area contributed by atoms with Gasteiger partial charge in [0.15, 0.2) is 6.61 Å². The van der Waals surface area contributed by atoms with Crippen LogP contribution in [-0.2, 0) is 24.3 Å². The van der Waals surface area contributed by atoms with Crippen molar-refractivity contribution in [1.82, 2.24) is 4.31 Å². The van der Waals surface area contributed by atoms with Gasteiger partial charge in [0.05, 0.1) is 23.7 Å². The largest absolute Gasteiger partial charge is 0.452 e. The number of carbonyl (C=O) groups excluding carboxylic acids is 2. The van der Waals surface area contributed by atoms with E-state index in [0.717, 1.165) is 11.1 Å². The van der Waals surface area contributed by atoms with E-state index in [0.29, 0.717) is 24.5 Å². The van der Waals surface area contributed by atoms with Gasteiger partial charge in [-0.1, -0.05) is 38.1 Å². The molecule has 8 nitrogen and oxygen atoms in total. The molecule has 1 N–H and O–H groups in total. The number of hydrogen-bond acceptors (Lipinski definition) is 6. The number of hydrogen-bond donors (Lipinski definition) is 1. The van der Waals surface area contributed by atoms with Crippen LogP contribution in [0.15, 0.2) is 41.3 Å². The van der Waals surface area contributed by atoms with Crippen molar-refractivity contribution in [3.63, 3.8) is 0 Å². The van der Waals surface area contributed by atoms with Crippen LogP contribution in [0.4, 0.5) is 5.69 Å². The van der Waals surface area contributed by atoms with Gasteiger partial charge in [-0.2, -0.15) is 4.31 Å². The van der Waals surface area contributed by atoms with Crippen LogP contribution in [0.25, 0.3) is 0 Å². The summed E-state index contributed by atoms with van der Waals surface area (Å²) >= 11 is 0. The van der Waals surface area contributed by atoms with E-state index in [1.54, 1.807) is 13.0 Å². The molecule has 1 amide bonds. The molecule has 9 heteroatoms. The molecule has 0 bridgehead atoms. The maximum Gasteiger partial charge on any atom is 0.338 e. The monoisotopic (exact) mass is 474 g/mol. The molecular weight excluding hydrogens is 444 g/mol. The Balaban J connectivity index is 1.70. The number of benzene rings is 2. The number of carbonyl (C=O) groups is 2. The normalized spacial score (nSPS) is 14.8. The second-order valence-corrected chi connectivity index (χ2v) is 10.2. The number of sulfonamides is 1. The molecule has 0 unspecified atom stereocenters. The van der Waals surface area contributed by atoms with E-state index < -0.39 is 28.5 Å². The molecule has 2 aromatic carbocycles. The quantitative estimate of drug-likeness (QED) is 0.618. The van der Waals surface area contributed by atoms with E-state index >= 15 is 0 Å². The van der Waals surface area contributed by atoms with Crippen LogP contribution in [0, 0.1) is 13.8 Å². The topological polar surface area (TPSA) is 102 Å². The Morgan fingerprint density at radius 1 is 1.09 bits per heavy atom. The fraction of sp³-hybridized carbons (Fsp3) is 0.417. The Hall–Kier alpha value is -2.75. The highest BCUT2D eigenvalue weighted by molar-refractivity contribution is 7.89. The molecule has 1 fully saturated rings. The number of nitrogens with zero attached hydrogens (tertiary/aromatic N) is 1.